The number of carbonyl (C=O) groups excluding carboxylic acids is 1. The van der Waals surface area contributed by atoms with Crippen molar-refractivity contribution in [3.05, 3.63) is 32.2 Å². The summed E-state index contributed by atoms with van der Waals surface area (Å²) in [5.41, 5.74) is 0.657. The van der Waals surface area contributed by atoms with Crippen LogP contribution in [-0.2, 0) is 0 Å². The number of aromatic amines is 1. The Labute approximate surface area is 115 Å². The number of pyridine rings is 1. The molecule has 1 heterocycles. The lowest BCUT2D eigenvalue weighted by Gasteiger charge is -2.17. The van der Waals surface area contributed by atoms with Gasteiger partial charge in [-0.15, -0.1) is 0 Å². The Balaban J connectivity index is 2.74. The summed E-state index contributed by atoms with van der Waals surface area (Å²) in [7, 11) is 0. The smallest absolute Gasteiger partial charge is 0.261 e. The third-order valence-corrected chi connectivity index (χ3v) is 3.40. The Morgan fingerprint density at radius 1 is 1.44 bits per heavy atom. The molecule has 0 aliphatic heterocycles. The van der Waals surface area contributed by atoms with Crippen LogP contribution < -0.4 is 10.9 Å². The van der Waals surface area contributed by atoms with E-state index in [9.17, 15) is 9.59 Å². The highest BCUT2D eigenvalue weighted by Crippen LogP contribution is 2.17. The third-order valence-electron chi connectivity index (χ3n) is 2.58. The van der Waals surface area contributed by atoms with Crippen molar-refractivity contribution in [1.29, 1.82) is 0 Å². The minimum absolute atomic E-state index is 0.140. The molecule has 0 saturated heterocycles. The molecule has 18 heavy (non-hydrogen) atoms. The number of nitrogens with one attached hydrogen (secondary N) is 2. The fraction of sp³-hybridized carbons (Fsp3) is 0.538. The number of rotatable bonds is 3. The Morgan fingerprint density at radius 2 is 2.06 bits per heavy atom. The van der Waals surface area contributed by atoms with Crippen molar-refractivity contribution in [1.82, 2.24) is 10.3 Å². The van der Waals surface area contributed by atoms with Gasteiger partial charge in [0.05, 0.1) is 0 Å². The molecule has 2 N–H and O–H groups in total. The summed E-state index contributed by atoms with van der Waals surface area (Å²) in [6.45, 7) is 8.65. The summed E-state index contributed by atoms with van der Waals surface area (Å²) in [6, 6.07) is 1.56. The van der Waals surface area contributed by atoms with Gasteiger partial charge in [-0.3, -0.25) is 9.59 Å². The maximum Gasteiger partial charge on any atom is 0.261 e. The predicted molar refractivity (Wildman–Crippen MR) is 75.9 cm³/mol. The lowest BCUT2D eigenvalue weighted by molar-refractivity contribution is 0.0948. The van der Waals surface area contributed by atoms with Gasteiger partial charge in [-0.25, -0.2) is 0 Å². The van der Waals surface area contributed by atoms with Crippen molar-refractivity contribution >= 4 is 21.8 Å². The van der Waals surface area contributed by atoms with E-state index in [4.69, 9.17) is 0 Å². The Hall–Kier alpha value is -1.10. The highest BCUT2D eigenvalue weighted by molar-refractivity contribution is 9.10. The van der Waals surface area contributed by atoms with E-state index in [-0.39, 0.29) is 22.4 Å². The van der Waals surface area contributed by atoms with Crippen LogP contribution in [0.3, 0.4) is 0 Å². The number of aromatic nitrogens is 1. The Bertz CT molecular complexity index is 501. The lowest BCUT2D eigenvalue weighted by Crippen LogP contribution is -2.32. The van der Waals surface area contributed by atoms with Crippen LogP contribution in [0.25, 0.3) is 0 Å². The van der Waals surface area contributed by atoms with Crippen molar-refractivity contribution in [3.8, 4) is 0 Å². The van der Waals surface area contributed by atoms with Crippen molar-refractivity contribution < 1.29 is 4.79 Å². The normalized spacial score (nSPS) is 11.4. The SMILES string of the molecule is Cc1[nH]c(=O)c(C(=O)NCCC(C)(C)C)cc1Br. The van der Waals surface area contributed by atoms with Crippen molar-refractivity contribution in [2.75, 3.05) is 6.54 Å². The first-order chi connectivity index (χ1) is 8.20. The first-order valence-electron chi connectivity index (χ1n) is 5.88. The summed E-state index contributed by atoms with van der Waals surface area (Å²) >= 11 is 3.30. The van der Waals surface area contributed by atoms with Crippen molar-refractivity contribution in [2.24, 2.45) is 5.41 Å². The zero-order valence-corrected chi connectivity index (χ0v) is 12.8. The zero-order chi connectivity index (χ0) is 13.9. The zero-order valence-electron chi connectivity index (χ0n) is 11.2. The largest absolute Gasteiger partial charge is 0.352 e. The molecule has 0 saturated carbocycles. The van der Waals surface area contributed by atoms with Crippen LogP contribution in [0.1, 0.15) is 43.2 Å². The fourth-order valence-corrected chi connectivity index (χ4v) is 1.74. The minimum atomic E-state index is -0.357. The molecule has 0 fully saturated rings. The molecule has 0 spiro atoms. The number of halogens is 1. The molecule has 0 bridgehead atoms. The summed E-state index contributed by atoms with van der Waals surface area (Å²) in [4.78, 5) is 26.2. The number of aryl methyl sites for hydroxylation is 1. The van der Waals surface area contributed by atoms with Gasteiger partial charge in [-0.2, -0.15) is 0 Å². The average Bonchev–Trinajstić information content (AvgIpc) is 2.21. The number of carbonyl (C=O) groups is 1. The van der Waals surface area contributed by atoms with Crippen LogP contribution in [0.15, 0.2) is 15.3 Å². The molecule has 1 aromatic heterocycles. The van der Waals surface area contributed by atoms with E-state index in [1.807, 2.05) is 0 Å². The van der Waals surface area contributed by atoms with Gasteiger partial charge >= 0.3 is 0 Å². The molecule has 1 rings (SSSR count). The first kappa shape index (κ1) is 15.0. The second-order valence-corrected chi connectivity index (χ2v) is 6.41. The molecule has 0 radical (unpaired) electrons. The van der Waals surface area contributed by atoms with Crippen molar-refractivity contribution in [3.63, 3.8) is 0 Å². The van der Waals surface area contributed by atoms with E-state index >= 15 is 0 Å². The third kappa shape index (κ3) is 4.29. The van der Waals surface area contributed by atoms with E-state index in [0.717, 1.165) is 10.9 Å². The predicted octanol–water partition coefficient (Wildman–Crippen LogP) is 2.61. The van der Waals surface area contributed by atoms with E-state index in [1.165, 1.54) is 0 Å². The van der Waals surface area contributed by atoms with Gasteiger partial charge in [-0.1, -0.05) is 20.8 Å². The summed E-state index contributed by atoms with van der Waals surface area (Å²) in [5.74, 6) is -0.332. The first-order valence-corrected chi connectivity index (χ1v) is 6.67. The second kappa shape index (κ2) is 5.69. The van der Waals surface area contributed by atoms with Crippen LogP contribution in [0.2, 0.25) is 0 Å². The van der Waals surface area contributed by atoms with E-state index in [2.05, 4.69) is 47.0 Å². The standard InChI is InChI=1S/C13H19BrN2O2/c1-8-10(14)7-9(12(18)16-8)11(17)15-6-5-13(2,3)4/h7H,5-6H2,1-4H3,(H,15,17)(H,16,18). The van der Waals surface area contributed by atoms with E-state index in [0.29, 0.717) is 12.2 Å². The maximum absolute atomic E-state index is 11.9. The molecule has 100 valence electrons. The quantitative estimate of drug-likeness (QED) is 0.901. The summed E-state index contributed by atoms with van der Waals surface area (Å²) in [6.07, 6.45) is 0.865. The second-order valence-electron chi connectivity index (χ2n) is 5.55. The number of hydrogen-bond acceptors (Lipinski definition) is 2. The van der Waals surface area contributed by atoms with E-state index in [1.54, 1.807) is 13.0 Å². The average molecular weight is 315 g/mol. The molecule has 1 amide bonds. The Morgan fingerprint density at radius 3 is 2.61 bits per heavy atom. The minimum Gasteiger partial charge on any atom is -0.352 e. The van der Waals surface area contributed by atoms with Crippen LogP contribution in [0.4, 0.5) is 0 Å². The molecule has 0 aliphatic carbocycles. The van der Waals surface area contributed by atoms with Gasteiger partial charge in [0.1, 0.15) is 5.56 Å². The number of H-pyrrole nitrogens is 1. The highest BCUT2D eigenvalue weighted by atomic mass is 79.9. The fourth-order valence-electron chi connectivity index (χ4n) is 1.41. The molecular weight excluding hydrogens is 296 g/mol. The maximum atomic E-state index is 11.9. The van der Waals surface area contributed by atoms with E-state index < -0.39 is 0 Å². The molecule has 1 aromatic rings. The molecule has 0 atom stereocenters. The van der Waals surface area contributed by atoms with Gasteiger partial charge < -0.3 is 10.3 Å². The van der Waals surface area contributed by atoms with Crippen LogP contribution in [-0.4, -0.2) is 17.4 Å². The van der Waals surface area contributed by atoms with Crippen LogP contribution >= 0.6 is 15.9 Å². The lowest BCUT2D eigenvalue weighted by atomic mass is 9.92. The monoisotopic (exact) mass is 314 g/mol. The molecule has 0 aliphatic rings. The number of amides is 1. The number of hydrogen-bond donors (Lipinski definition) is 2. The summed E-state index contributed by atoms with van der Waals surface area (Å²) in [5, 5.41) is 2.76. The van der Waals surface area contributed by atoms with Gasteiger partial charge in [0, 0.05) is 16.7 Å². The Kier molecular flexibility index (Phi) is 4.73. The topological polar surface area (TPSA) is 62.0 Å². The van der Waals surface area contributed by atoms with Crippen molar-refractivity contribution in [2.45, 2.75) is 34.1 Å². The van der Waals surface area contributed by atoms with Gasteiger partial charge in [-0.05, 0) is 40.8 Å². The molecule has 4 nitrogen and oxygen atoms in total. The summed E-state index contributed by atoms with van der Waals surface area (Å²) < 4.78 is 0.725. The molecule has 0 aromatic carbocycles. The molecule has 5 heteroatoms. The van der Waals surface area contributed by atoms with Gasteiger partial charge in [0.15, 0.2) is 0 Å². The van der Waals surface area contributed by atoms with Gasteiger partial charge in [0.2, 0.25) is 0 Å². The highest BCUT2D eigenvalue weighted by Gasteiger charge is 2.14. The molecular formula is C13H19BrN2O2. The van der Waals surface area contributed by atoms with Crippen LogP contribution in [0, 0.1) is 12.3 Å². The van der Waals surface area contributed by atoms with Gasteiger partial charge in [0.25, 0.3) is 11.5 Å². The van der Waals surface area contributed by atoms with Crippen LogP contribution in [0.5, 0.6) is 0 Å². The molecule has 0 unspecified atom stereocenters.